The Balaban J connectivity index is 0.00000101. The molecule has 0 fully saturated rings. The standard InChI is InChI=1S/C24H26O3.CH2I2/c1-24(19-9-14-22(26-3)15-10-19,20-11-16-23(27-4)17-12-20)18-6-5-7-21(25-2)13-8-18;1-3-2/h5,7-17H,6H2,1-4H3;1H2. The van der Waals surface area contributed by atoms with Crippen LogP contribution in [0.4, 0.5) is 0 Å². The molecule has 30 heavy (non-hydrogen) atoms. The van der Waals surface area contributed by atoms with E-state index in [1.165, 1.54) is 16.7 Å². The van der Waals surface area contributed by atoms with Crippen molar-refractivity contribution >= 4 is 39.9 Å². The summed E-state index contributed by atoms with van der Waals surface area (Å²) >= 11 is 2.60. The summed E-state index contributed by atoms with van der Waals surface area (Å²) in [7, 11) is 5.07. The predicted octanol–water partition coefficient (Wildman–Crippen LogP) is 7.17. The van der Waals surface area contributed by atoms with Gasteiger partial charge in [0.15, 0.2) is 0 Å². The van der Waals surface area contributed by atoms with Gasteiger partial charge in [-0.25, -0.2) is 0 Å². The van der Waals surface area contributed by atoms with Crippen LogP contribution in [0.15, 0.2) is 84.2 Å². The highest BCUT2D eigenvalue weighted by molar-refractivity contribution is 15.0. The fraction of sp³-hybridized carbons (Fsp3) is 0.240. The Morgan fingerprint density at radius 3 is 1.70 bits per heavy atom. The highest BCUT2D eigenvalue weighted by Gasteiger charge is 2.33. The van der Waals surface area contributed by atoms with Crippen LogP contribution in [-0.2, 0) is 10.2 Å². The van der Waals surface area contributed by atoms with Crippen LogP contribution in [0.25, 0.3) is 0 Å². The zero-order valence-electron chi connectivity index (χ0n) is 17.8. The van der Waals surface area contributed by atoms with Gasteiger partial charge >= 0.3 is 0 Å². The molecule has 0 N–H and O–H groups in total. The van der Waals surface area contributed by atoms with Crippen LogP contribution >= 0.6 is 35.4 Å². The number of allylic oxidation sites excluding steroid dienone is 5. The second-order valence-corrected chi connectivity index (χ2v) is 11.2. The smallest absolute Gasteiger partial charge is 0.118 e. The summed E-state index contributed by atoms with van der Waals surface area (Å²) in [5.41, 5.74) is 3.42. The Hall–Kier alpha value is -1.61. The van der Waals surface area contributed by atoms with Crippen molar-refractivity contribution in [2.24, 2.45) is 0 Å². The number of rotatable bonds is 6. The number of methoxy groups -OCH3 is 3. The Labute approximate surface area is 199 Å². The summed E-state index contributed by atoms with van der Waals surface area (Å²) < 4.78 is 19.7. The molecule has 0 unspecified atom stereocenters. The van der Waals surface area contributed by atoms with Gasteiger partial charge in [0.2, 0.25) is 0 Å². The van der Waals surface area contributed by atoms with Gasteiger partial charge in [-0.15, -0.1) is 0 Å². The SMILES string of the molecule is C=II.COC1=CC=C(C(C)(c2ccc(OC)cc2)c2ccc(OC)cc2)CC=C1. The van der Waals surface area contributed by atoms with Crippen molar-refractivity contribution in [1.29, 1.82) is 0 Å². The van der Waals surface area contributed by atoms with Crippen LogP contribution in [0.5, 0.6) is 11.5 Å². The maximum atomic E-state index is 5.40. The molecule has 0 radical (unpaired) electrons. The first-order valence-electron chi connectivity index (χ1n) is 9.43. The average Bonchev–Trinajstić information content (AvgIpc) is 3.05. The number of hydrogen-bond acceptors (Lipinski definition) is 3. The molecule has 160 valence electrons. The van der Waals surface area contributed by atoms with Gasteiger partial charge in [0, 0.05) is 5.41 Å². The van der Waals surface area contributed by atoms with Crippen molar-refractivity contribution in [1.82, 2.24) is 0 Å². The van der Waals surface area contributed by atoms with E-state index >= 15 is 0 Å². The molecule has 0 bridgehead atoms. The fourth-order valence-electron chi connectivity index (χ4n) is 3.50. The minimum absolute atomic E-state index is 0.289. The Bertz CT molecular complexity index is 863. The number of halogens is 2. The molecular formula is C25H28I2O3. The van der Waals surface area contributed by atoms with E-state index in [4.69, 9.17) is 14.2 Å². The Kier molecular flexibility index (Phi) is 10.1. The molecule has 0 saturated carbocycles. The average molecular weight is 630 g/mol. The molecule has 1 aliphatic rings. The van der Waals surface area contributed by atoms with Crippen molar-refractivity contribution in [2.45, 2.75) is 18.8 Å². The van der Waals surface area contributed by atoms with E-state index in [1.807, 2.05) is 36.4 Å². The van der Waals surface area contributed by atoms with Crippen molar-refractivity contribution in [2.75, 3.05) is 21.3 Å². The van der Waals surface area contributed by atoms with Gasteiger partial charge in [0.05, 0.1) is 21.3 Å². The van der Waals surface area contributed by atoms with Crippen molar-refractivity contribution in [3.63, 3.8) is 0 Å². The summed E-state index contributed by atoms with van der Waals surface area (Å²) in [5.74, 6) is 2.57. The monoisotopic (exact) mass is 630 g/mol. The molecule has 1 aliphatic carbocycles. The van der Waals surface area contributed by atoms with E-state index in [9.17, 15) is 0 Å². The van der Waals surface area contributed by atoms with Gasteiger partial charge in [0.25, 0.3) is 0 Å². The van der Waals surface area contributed by atoms with E-state index in [0.717, 1.165) is 23.7 Å². The van der Waals surface area contributed by atoms with E-state index in [1.54, 1.807) is 21.3 Å². The normalized spacial score (nSPS) is 13.2. The summed E-state index contributed by atoms with van der Waals surface area (Å²) in [6.07, 6.45) is 9.22. The molecule has 0 atom stereocenters. The van der Waals surface area contributed by atoms with E-state index in [2.05, 4.69) is 66.5 Å². The van der Waals surface area contributed by atoms with Gasteiger partial charge in [-0.1, -0.05) is 63.3 Å². The first-order valence-corrected chi connectivity index (χ1v) is 17.2. The molecule has 3 rings (SSSR count). The van der Waals surface area contributed by atoms with Gasteiger partial charge in [0.1, 0.15) is 17.3 Å². The number of hydrogen-bond donors (Lipinski definition) is 0. The van der Waals surface area contributed by atoms with Gasteiger partial charge in [-0.3, -0.25) is 0 Å². The van der Waals surface area contributed by atoms with Crippen LogP contribution in [-0.4, -0.2) is 25.8 Å². The molecule has 0 heterocycles. The third-order valence-electron chi connectivity index (χ3n) is 5.28. The molecule has 0 amide bonds. The zero-order valence-corrected chi connectivity index (χ0v) is 22.1. The Morgan fingerprint density at radius 2 is 1.30 bits per heavy atom. The Morgan fingerprint density at radius 1 is 0.833 bits per heavy atom. The van der Waals surface area contributed by atoms with E-state index in [0.29, 0.717) is 16.8 Å². The van der Waals surface area contributed by atoms with Crippen LogP contribution in [0.2, 0.25) is 0 Å². The third-order valence-corrected chi connectivity index (χ3v) is 5.28. The van der Waals surface area contributed by atoms with Crippen LogP contribution in [0.1, 0.15) is 24.5 Å². The molecule has 3 nitrogen and oxygen atoms in total. The lowest BCUT2D eigenvalue weighted by Gasteiger charge is -2.34. The van der Waals surface area contributed by atoms with Crippen molar-refractivity contribution in [3.8, 4) is 11.5 Å². The molecule has 2 aromatic rings. The predicted molar refractivity (Wildman–Crippen MR) is 145 cm³/mol. The van der Waals surface area contributed by atoms with E-state index in [-0.39, 0.29) is 5.41 Å². The topological polar surface area (TPSA) is 27.7 Å². The van der Waals surface area contributed by atoms with Gasteiger partial charge in [-0.2, -0.15) is 0 Å². The molecule has 0 spiro atoms. The molecule has 0 saturated heterocycles. The maximum Gasteiger partial charge on any atom is 0.118 e. The summed E-state index contributed by atoms with van der Waals surface area (Å²) in [4.78, 5) is 0. The number of ether oxygens (including phenoxy) is 3. The molecule has 0 aromatic heterocycles. The highest BCUT2D eigenvalue weighted by Crippen LogP contribution is 2.42. The first-order chi connectivity index (χ1) is 14.5. The quantitative estimate of drug-likeness (QED) is 0.317. The molecular weight excluding hydrogens is 602 g/mol. The maximum absolute atomic E-state index is 5.40. The van der Waals surface area contributed by atoms with Gasteiger partial charge < -0.3 is 14.2 Å². The fourth-order valence-corrected chi connectivity index (χ4v) is 3.50. The van der Waals surface area contributed by atoms with Gasteiger partial charge in [-0.05, 0) is 79.5 Å². The van der Waals surface area contributed by atoms with Crippen molar-refractivity contribution in [3.05, 3.63) is 95.3 Å². The first kappa shape index (κ1) is 24.7. The third kappa shape index (κ3) is 5.97. The highest BCUT2D eigenvalue weighted by atomic mass is 128. The summed E-state index contributed by atoms with van der Waals surface area (Å²) in [6, 6.07) is 16.6. The lowest BCUT2D eigenvalue weighted by molar-refractivity contribution is 0.307. The minimum Gasteiger partial charge on any atom is -0.497 e. The van der Waals surface area contributed by atoms with Crippen LogP contribution in [0, 0.1) is 0 Å². The van der Waals surface area contributed by atoms with Crippen LogP contribution in [0.3, 0.4) is 0 Å². The summed E-state index contributed by atoms with van der Waals surface area (Å²) in [5, 5.41) is 0. The number of benzene rings is 2. The lowest BCUT2D eigenvalue weighted by Crippen LogP contribution is -2.26. The van der Waals surface area contributed by atoms with Crippen LogP contribution < -0.4 is 9.47 Å². The molecule has 5 heteroatoms. The minimum atomic E-state index is -0.289. The van der Waals surface area contributed by atoms with Crippen molar-refractivity contribution < 1.29 is 14.2 Å². The van der Waals surface area contributed by atoms with E-state index < -0.39 is 0 Å². The molecule has 2 aromatic carbocycles. The second kappa shape index (κ2) is 12.3. The largest absolute Gasteiger partial charge is 0.497 e. The molecule has 0 aliphatic heterocycles. The zero-order chi connectivity index (χ0) is 22.0. The second-order valence-electron chi connectivity index (χ2n) is 6.75. The summed E-state index contributed by atoms with van der Waals surface area (Å²) in [6.45, 7) is 2.27. The lowest BCUT2D eigenvalue weighted by atomic mass is 9.69.